The van der Waals surface area contributed by atoms with Gasteiger partial charge in [0.2, 0.25) is 11.8 Å². The normalized spacial score (nSPS) is 25.0. The molecule has 2 saturated heterocycles. The first kappa shape index (κ1) is 17.8. The van der Waals surface area contributed by atoms with E-state index in [1.54, 1.807) is 29.2 Å². The molecular weight excluding hydrogens is 344 g/mol. The fraction of sp³-hybridized carbons (Fsp3) is 0.476. The van der Waals surface area contributed by atoms with Gasteiger partial charge in [0.25, 0.3) is 5.91 Å². The number of carbonyl (C=O) groups is 3. The van der Waals surface area contributed by atoms with Crippen LogP contribution in [0.1, 0.15) is 37.0 Å². The molecule has 1 aromatic carbocycles. The van der Waals surface area contributed by atoms with Crippen molar-refractivity contribution in [3.63, 3.8) is 0 Å². The molecule has 4 rings (SSSR count). The highest BCUT2D eigenvalue weighted by molar-refractivity contribution is 6.06. The first-order valence-electron chi connectivity index (χ1n) is 9.53. The highest BCUT2D eigenvalue weighted by Gasteiger charge is 2.52. The Bertz CT molecular complexity index is 767. The quantitative estimate of drug-likeness (QED) is 0.604. The number of fused-ring (bicyclic) bond motifs is 1. The van der Waals surface area contributed by atoms with E-state index in [9.17, 15) is 14.4 Å². The molecule has 2 fully saturated rings. The Morgan fingerprint density at radius 3 is 2.07 bits per heavy atom. The van der Waals surface area contributed by atoms with Gasteiger partial charge in [0.1, 0.15) is 5.75 Å². The molecule has 6 heteroatoms. The summed E-state index contributed by atoms with van der Waals surface area (Å²) >= 11 is 0. The SMILES string of the molecule is CC(C)Oc1ccc(C(=O)N2CC(N3C(=O)C4CC=CCC4C3=O)C2)cc1. The number of imide groups is 1. The molecule has 0 bridgehead atoms. The van der Waals surface area contributed by atoms with Crippen LogP contribution < -0.4 is 4.74 Å². The lowest BCUT2D eigenvalue weighted by molar-refractivity contribution is -0.145. The summed E-state index contributed by atoms with van der Waals surface area (Å²) in [4.78, 5) is 40.9. The summed E-state index contributed by atoms with van der Waals surface area (Å²) in [5.74, 6) is 0.0952. The zero-order chi connectivity index (χ0) is 19.1. The number of rotatable bonds is 4. The lowest BCUT2D eigenvalue weighted by Crippen LogP contribution is -2.62. The van der Waals surface area contributed by atoms with Crippen molar-refractivity contribution < 1.29 is 19.1 Å². The molecule has 3 aliphatic rings. The van der Waals surface area contributed by atoms with E-state index in [1.165, 1.54) is 4.90 Å². The van der Waals surface area contributed by atoms with Crippen LogP contribution in [0.5, 0.6) is 5.75 Å². The van der Waals surface area contributed by atoms with Crippen LogP contribution in [0.3, 0.4) is 0 Å². The van der Waals surface area contributed by atoms with E-state index in [-0.39, 0.29) is 41.7 Å². The molecule has 3 amide bonds. The standard InChI is InChI=1S/C21H24N2O4/c1-13(2)27-16-9-7-14(8-10-16)19(24)22-11-15(12-22)23-20(25)17-5-3-4-6-18(17)21(23)26/h3-4,7-10,13,15,17-18H,5-6,11-12H2,1-2H3. The molecule has 1 aliphatic carbocycles. The molecular formula is C21H24N2O4. The maximum atomic E-state index is 12.6. The molecule has 0 saturated carbocycles. The van der Waals surface area contributed by atoms with E-state index in [4.69, 9.17) is 4.74 Å². The number of nitrogens with zero attached hydrogens (tertiary/aromatic N) is 2. The Morgan fingerprint density at radius 1 is 1.00 bits per heavy atom. The van der Waals surface area contributed by atoms with Gasteiger partial charge in [-0.05, 0) is 51.0 Å². The number of likely N-dealkylation sites (tertiary alicyclic amines) is 2. The van der Waals surface area contributed by atoms with Crippen LogP contribution in [-0.4, -0.2) is 52.8 Å². The molecule has 6 nitrogen and oxygen atoms in total. The Hall–Kier alpha value is -2.63. The maximum Gasteiger partial charge on any atom is 0.254 e. The Labute approximate surface area is 158 Å². The third-order valence-electron chi connectivity index (χ3n) is 5.53. The molecule has 0 spiro atoms. The summed E-state index contributed by atoms with van der Waals surface area (Å²) < 4.78 is 5.59. The second-order valence-electron chi connectivity index (χ2n) is 7.76. The highest BCUT2D eigenvalue weighted by atomic mass is 16.5. The van der Waals surface area contributed by atoms with E-state index < -0.39 is 0 Å². The van der Waals surface area contributed by atoms with Crippen LogP contribution >= 0.6 is 0 Å². The Morgan fingerprint density at radius 2 is 1.56 bits per heavy atom. The Balaban J connectivity index is 1.37. The number of benzene rings is 1. The van der Waals surface area contributed by atoms with Gasteiger partial charge in [-0.2, -0.15) is 0 Å². The molecule has 0 radical (unpaired) electrons. The first-order chi connectivity index (χ1) is 13.0. The number of amides is 3. The van der Waals surface area contributed by atoms with Crippen molar-refractivity contribution in [2.45, 2.75) is 38.8 Å². The zero-order valence-corrected chi connectivity index (χ0v) is 15.6. The summed E-state index contributed by atoms with van der Waals surface area (Å²) in [5, 5.41) is 0. The molecule has 0 N–H and O–H groups in total. The van der Waals surface area contributed by atoms with Crippen molar-refractivity contribution >= 4 is 17.7 Å². The molecule has 1 aromatic rings. The fourth-order valence-electron chi connectivity index (χ4n) is 4.10. The molecule has 142 valence electrons. The van der Waals surface area contributed by atoms with Crippen LogP contribution in [0.4, 0.5) is 0 Å². The van der Waals surface area contributed by atoms with Gasteiger partial charge >= 0.3 is 0 Å². The van der Waals surface area contributed by atoms with Crippen LogP contribution in [0.25, 0.3) is 0 Å². The van der Waals surface area contributed by atoms with Gasteiger partial charge in [0, 0.05) is 18.7 Å². The summed E-state index contributed by atoms with van der Waals surface area (Å²) in [6.07, 6.45) is 5.34. The monoisotopic (exact) mass is 368 g/mol. The lowest BCUT2D eigenvalue weighted by Gasteiger charge is -2.43. The number of carbonyl (C=O) groups excluding carboxylic acids is 3. The molecule has 2 heterocycles. The summed E-state index contributed by atoms with van der Waals surface area (Å²) in [6.45, 7) is 4.72. The van der Waals surface area contributed by atoms with Gasteiger partial charge in [-0.15, -0.1) is 0 Å². The molecule has 2 unspecified atom stereocenters. The topological polar surface area (TPSA) is 66.9 Å². The predicted octanol–water partition coefficient (Wildman–Crippen LogP) is 2.25. The van der Waals surface area contributed by atoms with Gasteiger partial charge in [0.05, 0.1) is 24.0 Å². The smallest absolute Gasteiger partial charge is 0.254 e. The largest absolute Gasteiger partial charge is 0.491 e. The molecule has 0 aromatic heterocycles. The van der Waals surface area contributed by atoms with Crippen molar-refractivity contribution in [1.82, 2.24) is 9.80 Å². The van der Waals surface area contributed by atoms with E-state index in [2.05, 4.69) is 0 Å². The van der Waals surface area contributed by atoms with Crippen molar-refractivity contribution in [3.05, 3.63) is 42.0 Å². The van der Waals surface area contributed by atoms with E-state index >= 15 is 0 Å². The number of ether oxygens (including phenoxy) is 1. The highest BCUT2D eigenvalue weighted by Crippen LogP contribution is 2.37. The van der Waals surface area contributed by atoms with Crippen LogP contribution in [0, 0.1) is 11.8 Å². The fourth-order valence-corrected chi connectivity index (χ4v) is 4.10. The molecule has 2 aliphatic heterocycles. The average Bonchev–Trinajstić information content (AvgIpc) is 2.86. The van der Waals surface area contributed by atoms with E-state index in [1.807, 2.05) is 26.0 Å². The number of hydrogen-bond donors (Lipinski definition) is 0. The average molecular weight is 368 g/mol. The van der Waals surface area contributed by atoms with E-state index in [0.717, 1.165) is 5.75 Å². The minimum absolute atomic E-state index is 0.0679. The number of allylic oxidation sites excluding steroid dienone is 2. The molecule has 27 heavy (non-hydrogen) atoms. The van der Waals surface area contributed by atoms with Crippen LogP contribution in [0.15, 0.2) is 36.4 Å². The van der Waals surface area contributed by atoms with Crippen molar-refractivity contribution in [2.75, 3.05) is 13.1 Å². The maximum absolute atomic E-state index is 12.6. The van der Waals surface area contributed by atoms with Gasteiger partial charge in [0.15, 0.2) is 0 Å². The van der Waals surface area contributed by atoms with Gasteiger partial charge in [-0.3, -0.25) is 19.3 Å². The van der Waals surface area contributed by atoms with Crippen LogP contribution in [0.2, 0.25) is 0 Å². The lowest BCUT2D eigenvalue weighted by atomic mass is 9.85. The van der Waals surface area contributed by atoms with Crippen molar-refractivity contribution in [2.24, 2.45) is 11.8 Å². The Kier molecular flexibility index (Phi) is 4.50. The second kappa shape index (κ2) is 6.83. The van der Waals surface area contributed by atoms with E-state index in [0.29, 0.717) is 31.5 Å². The van der Waals surface area contributed by atoms with Gasteiger partial charge < -0.3 is 9.64 Å². The third kappa shape index (κ3) is 3.13. The minimum Gasteiger partial charge on any atom is -0.491 e. The second-order valence-corrected chi connectivity index (χ2v) is 7.76. The number of hydrogen-bond acceptors (Lipinski definition) is 4. The van der Waals surface area contributed by atoms with Crippen molar-refractivity contribution in [1.29, 1.82) is 0 Å². The minimum atomic E-state index is -0.208. The summed E-state index contributed by atoms with van der Waals surface area (Å²) in [6, 6.07) is 6.88. The summed E-state index contributed by atoms with van der Waals surface area (Å²) in [5.41, 5.74) is 0.585. The summed E-state index contributed by atoms with van der Waals surface area (Å²) in [7, 11) is 0. The first-order valence-corrected chi connectivity index (χ1v) is 9.53. The zero-order valence-electron chi connectivity index (χ0n) is 15.6. The molecule has 2 atom stereocenters. The predicted molar refractivity (Wildman–Crippen MR) is 99.1 cm³/mol. The van der Waals surface area contributed by atoms with Crippen molar-refractivity contribution in [3.8, 4) is 5.75 Å². The van der Waals surface area contributed by atoms with Gasteiger partial charge in [-0.1, -0.05) is 12.2 Å². The third-order valence-corrected chi connectivity index (χ3v) is 5.53. The van der Waals surface area contributed by atoms with Gasteiger partial charge in [-0.25, -0.2) is 0 Å². The van der Waals surface area contributed by atoms with Crippen LogP contribution in [-0.2, 0) is 9.59 Å².